The smallest absolute Gasteiger partial charge is 0.339 e. The topological polar surface area (TPSA) is 65.0 Å². The molecule has 0 atom stereocenters. The molecule has 88 valence electrons. The molecule has 0 bridgehead atoms. The highest BCUT2D eigenvalue weighted by Crippen LogP contribution is 2.29. The average Bonchev–Trinajstić information content (AvgIpc) is 2.28. The predicted octanol–water partition coefficient (Wildman–Crippen LogP) is 1.55. The van der Waals surface area contributed by atoms with E-state index in [0.717, 1.165) is 0 Å². The van der Waals surface area contributed by atoms with Gasteiger partial charge in [-0.2, -0.15) is 0 Å². The second-order valence-corrected chi connectivity index (χ2v) is 3.11. The molecule has 0 aliphatic carbocycles. The summed E-state index contributed by atoms with van der Waals surface area (Å²) in [5.74, 6) is -0.298. The molecule has 0 radical (unpaired) electrons. The number of ether oxygens (including phenoxy) is 3. The molecule has 16 heavy (non-hydrogen) atoms. The minimum atomic E-state index is -1.06. The van der Waals surface area contributed by atoms with Crippen LogP contribution in [0.2, 0.25) is 0 Å². The maximum absolute atomic E-state index is 11.0. The summed E-state index contributed by atoms with van der Waals surface area (Å²) in [5.41, 5.74) is 0.704. The lowest BCUT2D eigenvalue weighted by Gasteiger charge is -2.12. The third kappa shape index (κ3) is 2.43. The maximum Gasteiger partial charge on any atom is 0.339 e. The molecular formula is C11H14O5. The van der Waals surface area contributed by atoms with Gasteiger partial charge in [0.1, 0.15) is 17.1 Å². The fourth-order valence-corrected chi connectivity index (χ4v) is 1.44. The number of hydrogen-bond acceptors (Lipinski definition) is 4. The Labute approximate surface area is 93.6 Å². The van der Waals surface area contributed by atoms with Crippen LogP contribution in [0.4, 0.5) is 0 Å². The van der Waals surface area contributed by atoms with Gasteiger partial charge in [0.2, 0.25) is 0 Å². The molecule has 0 heterocycles. The number of hydrogen-bond donors (Lipinski definition) is 1. The summed E-state index contributed by atoms with van der Waals surface area (Å²) >= 11 is 0. The fraction of sp³-hybridized carbons (Fsp3) is 0.364. The van der Waals surface area contributed by atoms with Gasteiger partial charge in [0.15, 0.2) is 0 Å². The van der Waals surface area contributed by atoms with Crippen molar-refractivity contribution in [2.24, 2.45) is 0 Å². The van der Waals surface area contributed by atoms with E-state index in [1.54, 1.807) is 6.07 Å². The van der Waals surface area contributed by atoms with Crippen LogP contribution < -0.4 is 9.47 Å². The lowest BCUT2D eigenvalue weighted by atomic mass is 10.1. The minimum absolute atomic E-state index is 0.0638. The Morgan fingerprint density at radius 2 is 1.94 bits per heavy atom. The first kappa shape index (κ1) is 12.3. The predicted molar refractivity (Wildman–Crippen MR) is 57.2 cm³/mol. The molecule has 0 saturated heterocycles. The number of carbonyl (C=O) groups is 1. The molecule has 0 unspecified atom stereocenters. The van der Waals surface area contributed by atoms with Crippen molar-refractivity contribution in [3.63, 3.8) is 0 Å². The Morgan fingerprint density at radius 1 is 1.25 bits per heavy atom. The number of aromatic carboxylic acids is 1. The highest BCUT2D eigenvalue weighted by Gasteiger charge is 2.17. The van der Waals surface area contributed by atoms with Gasteiger partial charge in [0, 0.05) is 12.7 Å². The van der Waals surface area contributed by atoms with E-state index in [2.05, 4.69) is 0 Å². The van der Waals surface area contributed by atoms with E-state index in [0.29, 0.717) is 17.1 Å². The van der Waals surface area contributed by atoms with Gasteiger partial charge in [-0.05, 0) is 12.1 Å². The van der Waals surface area contributed by atoms with E-state index in [1.165, 1.54) is 27.4 Å². The number of carboxylic acid groups (broad SMARTS) is 1. The molecule has 1 aromatic rings. The molecule has 0 spiro atoms. The number of carboxylic acids is 1. The SMILES string of the molecule is COCc1cc(OC)cc(C(=O)O)c1OC. The Morgan fingerprint density at radius 3 is 2.38 bits per heavy atom. The van der Waals surface area contributed by atoms with Crippen molar-refractivity contribution in [2.45, 2.75) is 6.61 Å². The van der Waals surface area contributed by atoms with Crippen LogP contribution in [0.3, 0.4) is 0 Å². The van der Waals surface area contributed by atoms with E-state index in [9.17, 15) is 4.79 Å². The zero-order valence-electron chi connectivity index (χ0n) is 9.44. The van der Waals surface area contributed by atoms with Crippen molar-refractivity contribution in [1.82, 2.24) is 0 Å². The third-order valence-corrected chi connectivity index (χ3v) is 2.11. The van der Waals surface area contributed by atoms with Crippen LogP contribution in [0.5, 0.6) is 11.5 Å². The van der Waals surface area contributed by atoms with Gasteiger partial charge < -0.3 is 19.3 Å². The zero-order valence-corrected chi connectivity index (χ0v) is 9.44. The highest BCUT2D eigenvalue weighted by atomic mass is 16.5. The van der Waals surface area contributed by atoms with Gasteiger partial charge in [0.25, 0.3) is 0 Å². The van der Waals surface area contributed by atoms with Gasteiger partial charge >= 0.3 is 5.97 Å². The Kier molecular flexibility index (Phi) is 4.13. The van der Waals surface area contributed by atoms with Crippen LogP contribution in [0.25, 0.3) is 0 Å². The standard InChI is InChI=1S/C11H14O5/c1-14-6-7-4-8(15-2)5-9(11(12)13)10(7)16-3/h4-5H,6H2,1-3H3,(H,12,13). The number of methoxy groups -OCH3 is 3. The summed E-state index contributed by atoms with van der Waals surface area (Å²) in [5, 5.41) is 9.03. The summed E-state index contributed by atoms with van der Waals surface area (Å²) in [6, 6.07) is 3.11. The molecule has 0 amide bonds. The van der Waals surface area contributed by atoms with Crippen molar-refractivity contribution >= 4 is 5.97 Å². The molecular weight excluding hydrogens is 212 g/mol. The minimum Gasteiger partial charge on any atom is -0.497 e. The molecule has 0 aliphatic rings. The first-order valence-corrected chi connectivity index (χ1v) is 4.61. The molecule has 1 N–H and O–H groups in total. The largest absolute Gasteiger partial charge is 0.497 e. The maximum atomic E-state index is 11.0. The van der Waals surface area contributed by atoms with Crippen molar-refractivity contribution in [3.05, 3.63) is 23.3 Å². The average molecular weight is 226 g/mol. The number of benzene rings is 1. The summed E-state index contributed by atoms with van der Waals surface area (Å²) in [6.45, 7) is 0.265. The lowest BCUT2D eigenvalue weighted by molar-refractivity contribution is 0.0692. The van der Waals surface area contributed by atoms with Gasteiger partial charge in [-0.25, -0.2) is 4.79 Å². The van der Waals surface area contributed by atoms with Crippen LogP contribution in [0.1, 0.15) is 15.9 Å². The van der Waals surface area contributed by atoms with Crippen LogP contribution >= 0.6 is 0 Å². The second kappa shape index (κ2) is 5.37. The molecule has 1 rings (SSSR count). The quantitative estimate of drug-likeness (QED) is 0.825. The molecule has 5 nitrogen and oxygen atoms in total. The fourth-order valence-electron chi connectivity index (χ4n) is 1.44. The van der Waals surface area contributed by atoms with Crippen molar-refractivity contribution in [2.75, 3.05) is 21.3 Å². The summed E-state index contributed by atoms with van der Waals surface area (Å²) in [6.07, 6.45) is 0. The molecule has 1 aromatic carbocycles. The summed E-state index contributed by atoms with van der Waals surface area (Å²) < 4.78 is 15.1. The number of rotatable bonds is 5. The third-order valence-electron chi connectivity index (χ3n) is 2.11. The summed E-state index contributed by atoms with van der Waals surface area (Å²) in [4.78, 5) is 11.0. The van der Waals surface area contributed by atoms with E-state index in [-0.39, 0.29) is 12.2 Å². The lowest BCUT2D eigenvalue weighted by Crippen LogP contribution is -2.05. The van der Waals surface area contributed by atoms with Crippen LogP contribution in [0, 0.1) is 0 Å². The van der Waals surface area contributed by atoms with E-state index < -0.39 is 5.97 Å². The van der Waals surface area contributed by atoms with Crippen molar-refractivity contribution in [1.29, 1.82) is 0 Å². The van der Waals surface area contributed by atoms with Gasteiger partial charge in [-0.15, -0.1) is 0 Å². The zero-order chi connectivity index (χ0) is 12.1. The van der Waals surface area contributed by atoms with Gasteiger partial charge in [-0.3, -0.25) is 0 Å². The van der Waals surface area contributed by atoms with Crippen molar-refractivity contribution in [3.8, 4) is 11.5 Å². The molecule has 0 aromatic heterocycles. The van der Waals surface area contributed by atoms with E-state index in [4.69, 9.17) is 19.3 Å². The van der Waals surface area contributed by atoms with E-state index >= 15 is 0 Å². The molecule has 5 heteroatoms. The van der Waals surface area contributed by atoms with Gasteiger partial charge in [0.05, 0.1) is 20.8 Å². The first-order chi connectivity index (χ1) is 7.63. The van der Waals surface area contributed by atoms with E-state index in [1.807, 2.05) is 0 Å². The van der Waals surface area contributed by atoms with Crippen LogP contribution in [-0.2, 0) is 11.3 Å². The van der Waals surface area contributed by atoms with Crippen LogP contribution in [-0.4, -0.2) is 32.4 Å². The Bertz CT molecular complexity index is 386. The normalized spacial score (nSPS) is 9.94. The molecule has 0 saturated carbocycles. The first-order valence-electron chi connectivity index (χ1n) is 4.61. The Balaban J connectivity index is 3.33. The van der Waals surface area contributed by atoms with Crippen LogP contribution in [0.15, 0.2) is 12.1 Å². The summed E-state index contributed by atoms with van der Waals surface area (Å²) in [7, 11) is 4.43. The molecule has 0 aliphatic heterocycles. The van der Waals surface area contributed by atoms with Gasteiger partial charge in [-0.1, -0.05) is 0 Å². The Hall–Kier alpha value is -1.75. The van der Waals surface area contributed by atoms with Crippen molar-refractivity contribution < 1.29 is 24.1 Å². The highest BCUT2D eigenvalue weighted by molar-refractivity contribution is 5.92. The second-order valence-electron chi connectivity index (χ2n) is 3.11. The molecule has 0 fully saturated rings. The monoisotopic (exact) mass is 226 g/mol.